The third-order valence-corrected chi connectivity index (χ3v) is 14.6. The molecule has 5 aliphatic carbocycles. The summed E-state index contributed by atoms with van der Waals surface area (Å²) in [6.45, 7) is 13.1. The van der Waals surface area contributed by atoms with Crippen LogP contribution in [0.4, 0.5) is 8.78 Å². The van der Waals surface area contributed by atoms with Gasteiger partial charge in [-0.25, -0.2) is 13.6 Å². The van der Waals surface area contributed by atoms with Crippen LogP contribution in [0.25, 0.3) is 0 Å². The van der Waals surface area contributed by atoms with Crippen LogP contribution in [0.3, 0.4) is 0 Å². The van der Waals surface area contributed by atoms with Crippen molar-refractivity contribution in [2.45, 2.75) is 142 Å². The zero-order chi connectivity index (χ0) is 31.6. The van der Waals surface area contributed by atoms with E-state index in [1.54, 1.807) is 27.7 Å². The monoisotopic (exact) mass is 612 g/mol. The fourth-order valence-electron chi connectivity index (χ4n) is 12.6. The lowest BCUT2D eigenvalue weighted by molar-refractivity contribution is -0.252. The molecule has 3 N–H and O–H groups in total. The van der Waals surface area contributed by atoms with E-state index in [9.17, 15) is 15.0 Å². The van der Waals surface area contributed by atoms with E-state index in [1.165, 1.54) is 0 Å². The highest BCUT2D eigenvalue weighted by Crippen LogP contribution is 2.90. The van der Waals surface area contributed by atoms with Gasteiger partial charge in [0.05, 0.1) is 36.6 Å². The molecule has 11 atom stereocenters. The molecule has 43 heavy (non-hydrogen) atoms. The molecule has 7 nitrogen and oxygen atoms in total. The van der Waals surface area contributed by atoms with Crippen molar-refractivity contribution in [3.8, 4) is 0 Å². The number of hydrogen-bond donors (Lipinski definition) is 3. The topological polar surface area (TPSA) is 105 Å². The molecular formula is C34H54F2O7. The Morgan fingerprint density at radius 1 is 0.977 bits per heavy atom. The van der Waals surface area contributed by atoms with E-state index in [-0.39, 0.29) is 65.8 Å². The Morgan fingerprint density at radius 3 is 2.28 bits per heavy atom. The normalized spacial score (nSPS) is 51.2. The van der Waals surface area contributed by atoms with Crippen LogP contribution in [0.15, 0.2) is 0 Å². The van der Waals surface area contributed by atoms with Crippen molar-refractivity contribution in [3.05, 3.63) is 0 Å². The highest BCUT2D eigenvalue weighted by atomic mass is 19.3. The van der Waals surface area contributed by atoms with Crippen LogP contribution in [0, 0.1) is 44.8 Å². The minimum absolute atomic E-state index is 0.00724. The molecule has 0 aromatic heterocycles. The average Bonchev–Trinajstić information content (AvgIpc) is 3.26. The van der Waals surface area contributed by atoms with Gasteiger partial charge in [-0.2, -0.15) is 0 Å². The summed E-state index contributed by atoms with van der Waals surface area (Å²) in [6.07, 6.45) is 3.92. The number of rotatable bonds is 7. The van der Waals surface area contributed by atoms with Crippen LogP contribution in [0.2, 0.25) is 0 Å². The van der Waals surface area contributed by atoms with Crippen LogP contribution in [-0.4, -0.2) is 76.5 Å². The summed E-state index contributed by atoms with van der Waals surface area (Å²) in [7, 11) is 0. The highest BCUT2D eigenvalue weighted by molar-refractivity contribution is 5.71. The van der Waals surface area contributed by atoms with E-state index >= 15 is 8.78 Å². The van der Waals surface area contributed by atoms with Crippen LogP contribution in [0.5, 0.6) is 0 Å². The molecule has 6 aliphatic rings. The van der Waals surface area contributed by atoms with Crippen LogP contribution in [-0.2, 0) is 19.0 Å². The maximum absolute atomic E-state index is 15.6. The fraction of sp³-hybridized carbons (Fsp3) is 0.971. The third-order valence-electron chi connectivity index (χ3n) is 14.6. The van der Waals surface area contributed by atoms with E-state index in [0.717, 1.165) is 32.1 Å². The predicted octanol–water partition coefficient (Wildman–Crippen LogP) is 5.27. The summed E-state index contributed by atoms with van der Waals surface area (Å²) >= 11 is 0. The van der Waals surface area contributed by atoms with Crippen molar-refractivity contribution in [1.29, 1.82) is 0 Å². The zero-order valence-electron chi connectivity index (χ0n) is 27.2. The lowest BCUT2D eigenvalue weighted by atomic mass is 9.41. The highest BCUT2D eigenvalue weighted by Gasteiger charge is 2.86. The van der Waals surface area contributed by atoms with E-state index in [1.807, 2.05) is 0 Å². The first kappa shape index (κ1) is 32.1. The van der Waals surface area contributed by atoms with E-state index in [0.29, 0.717) is 19.3 Å². The van der Waals surface area contributed by atoms with Crippen molar-refractivity contribution in [1.82, 2.24) is 0 Å². The minimum atomic E-state index is -2.87. The summed E-state index contributed by atoms with van der Waals surface area (Å²) in [5.41, 5.74) is -3.95. The Labute approximate surface area is 255 Å². The maximum atomic E-state index is 15.6. The van der Waals surface area contributed by atoms with Crippen LogP contribution >= 0.6 is 0 Å². The number of hydrogen-bond acceptors (Lipinski definition) is 7. The second-order valence-electron chi connectivity index (χ2n) is 17.2. The maximum Gasteiger partial charge on any atom is 0.332 e. The predicted molar refractivity (Wildman–Crippen MR) is 155 cm³/mol. The first-order valence-electron chi connectivity index (χ1n) is 16.6. The number of halogens is 2. The molecule has 2 spiro atoms. The molecule has 1 aliphatic heterocycles. The standard InChI is InChI=1S/C34H54F2O7/c1-27(2)26-21(42-24(39)18-41-15-14-37)16-22-30(6)17-20(38)25(31(7)9-8-23(43-31)28(3,4)40)29(30,5)10-11-32(22)19-33(26,32)12-13-34(27,35)36/h20-23,25-26,37-38,40H,8-19H2,1-7H3/t20-,21-,22-,23-,25-,26-,29+,30-,31-,32-,33+/m0/s1. The van der Waals surface area contributed by atoms with Gasteiger partial charge < -0.3 is 29.5 Å². The largest absolute Gasteiger partial charge is 0.460 e. The van der Waals surface area contributed by atoms with Gasteiger partial charge >= 0.3 is 5.97 Å². The Morgan fingerprint density at radius 2 is 1.65 bits per heavy atom. The molecular weight excluding hydrogens is 558 g/mol. The molecule has 9 heteroatoms. The molecule has 5 saturated carbocycles. The number of carbonyl (C=O) groups excluding carboxylic acids is 1. The zero-order valence-corrected chi connectivity index (χ0v) is 27.2. The third kappa shape index (κ3) is 4.15. The summed E-state index contributed by atoms with van der Waals surface area (Å²) in [5.74, 6) is -3.96. The van der Waals surface area contributed by atoms with Gasteiger partial charge in [-0.15, -0.1) is 0 Å². The van der Waals surface area contributed by atoms with Gasteiger partial charge in [-0.1, -0.05) is 27.7 Å². The summed E-state index contributed by atoms with van der Waals surface area (Å²) in [5, 5.41) is 31.7. The Balaban J connectivity index is 1.37. The molecule has 0 radical (unpaired) electrons. The van der Waals surface area contributed by atoms with Gasteiger partial charge in [0.15, 0.2) is 0 Å². The van der Waals surface area contributed by atoms with Gasteiger partial charge in [0.2, 0.25) is 0 Å². The molecule has 0 amide bonds. The first-order valence-corrected chi connectivity index (χ1v) is 16.6. The quantitative estimate of drug-likeness (QED) is 0.266. The smallest absolute Gasteiger partial charge is 0.332 e. The molecule has 246 valence electrons. The summed E-state index contributed by atoms with van der Waals surface area (Å²) in [4.78, 5) is 13.0. The van der Waals surface area contributed by atoms with Crippen molar-refractivity contribution in [2.75, 3.05) is 19.8 Å². The number of ether oxygens (including phenoxy) is 3. The molecule has 1 heterocycles. The lowest BCUT2D eigenvalue weighted by Crippen LogP contribution is -2.64. The number of fused-ring (bicyclic) bond motifs is 2. The second-order valence-corrected chi connectivity index (χ2v) is 17.2. The van der Waals surface area contributed by atoms with Crippen molar-refractivity contribution in [3.63, 3.8) is 0 Å². The van der Waals surface area contributed by atoms with Crippen molar-refractivity contribution >= 4 is 5.97 Å². The SMILES string of the molecule is CC(C)(O)[C@@H]1CC[C@@](C)([C@H]2[C@@H](O)C[C@@]3(C)[C@@H]4C[C@H](OC(=O)COCCO)[C@H]5C(C)(C)C(F)(F)CC[C@@]56C[C@@]46CC[C@]23C)O1. The van der Waals surface area contributed by atoms with E-state index in [4.69, 9.17) is 19.3 Å². The van der Waals surface area contributed by atoms with Gasteiger partial charge in [-0.05, 0) is 99.7 Å². The Kier molecular flexibility index (Phi) is 7.15. The molecule has 6 rings (SSSR count). The molecule has 0 aromatic carbocycles. The van der Waals surface area contributed by atoms with E-state index < -0.39 is 46.6 Å². The van der Waals surface area contributed by atoms with Crippen molar-refractivity contribution < 1.29 is 43.1 Å². The molecule has 0 aromatic rings. The molecule has 1 saturated heterocycles. The number of alkyl halides is 2. The van der Waals surface area contributed by atoms with Gasteiger partial charge in [0.1, 0.15) is 12.7 Å². The van der Waals surface area contributed by atoms with Crippen LogP contribution in [0.1, 0.15) is 106 Å². The fourth-order valence-corrected chi connectivity index (χ4v) is 12.6. The number of carbonyl (C=O) groups is 1. The molecule has 0 unspecified atom stereocenters. The summed E-state index contributed by atoms with van der Waals surface area (Å²) in [6, 6.07) is 0. The number of aliphatic hydroxyl groups excluding tert-OH is 2. The second kappa shape index (κ2) is 9.58. The number of aliphatic hydroxyl groups is 3. The van der Waals surface area contributed by atoms with Gasteiger partial charge in [0.25, 0.3) is 5.92 Å². The average molecular weight is 613 g/mol. The molecule has 0 bridgehead atoms. The van der Waals surface area contributed by atoms with E-state index in [2.05, 4.69) is 20.8 Å². The van der Waals surface area contributed by atoms with Gasteiger partial charge in [0, 0.05) is 23.7 Å². The van der Waals surface area contributed by atoms with Crippen molar-refractivity contribution in [2.24, 2.45) is 44.8 Å². The van der Waals surface area contributed by atoms with Crippen LogP contribution < -0.4 is 0 Å². The lowest BCUT2D eigenvalue weighted by Gasteiger charge is -2.65. The summed E-state index contributed by atoms with van der Waals surface area (Å²) < 4.78 is 49.3. The van der Waals surface area contributed by atoms with Gasteiger partial charge in [-0.3, -0.25) is 0 Å². The number of esters is 1. The minimum Gasteiger partial charge on any atom is -0.460 e. The Hall–Kier alpha value is -0.870. The first-order chi connectivity index (χ1) is 19.7. The Bertz CT molecular complexity index is 1140. The molecule has 6 fully saturated rings.